The third-order valence-electron chi connectivity index (χ3n) is 1.68. The molecule has 1 unspecified atom stereocenters. The number of fused-ring (bicyclic) bond motifs is 1. The number of hydrogen-bond donors (Lipinski definition) is 0. The molecule has 0 bridgehead atoms. The van der Waals surface area contributed by atoms with Gasteiger partial charge in [-0.25, -0.2) is 8.78 Å². The largest absolute Gasteiger partial charge is 0.483 e. The molecule has 1 radical (unpaired) electrons. The summed E-state index contributed by atoms with van der Waals surface area (Å²) in [4.78, 5) is 0. The zero-order valence-electron chi connectivity index (χ0n) is 6.72. The molecule has 2 rings (SSSR count). The average Bonchev–Trinajstić information content (AvgIpc) is 2.02. The Morgan fingerprint density at radius 2 is 2.15 bits per heavy atom. The maximum atomic E-state index is 13.0. The van der Waals surface area contributed by atoms with Crippen molar-refractivity contribution in [1.82, 2.24) is 0 Å². The Kier molecular flexibility index (Phi) is 1.83. The van der Waals surface area contributed by atoms with Crippen molar-refractivity contribution in [2.75, 3.05) is 6.61 Å². The first-order chi connectivity index (χ1) is 6.16. The predicted molar refractivity (Wildman–Crippen MR) is 41.6 cm³/mol. The van der Waals surface area contributed by atoms with E-state index in [0.29, 0.717) is 0 Å². The molecule has 1 heterocycles. The predicted octanol–water partition coefficient (Wildman–Crippen LogP) is 1.94. The smallest absolute Gasteiger partial charge is 0.197 e. The Hall–Kier alpha value is -1.32. The standard InChI is InChI=1S/C9H7F2O2/c1-5-4-12-9-7(11)2-6(10)3-8(9)13-5/h2-3,5H,1,4H2. The summed E-state index contributed by atoms with van der Waals surface area (Å²) in [5.41, 5.74) is 0. The highest BCUT2D eigenvalue weighted by Gasteiger charge is 2.21. The van der Waals surface area contributed by atoms with Crippen LogP contribution in [0.5, 0.6) is 11.5 Å². The highest BCUT2D eigenvalue weighted by Crippen LogP contribution is 2.34. The second-order valence-corrected chi connectivity index (χ2v) is 2.77. The van der Waals surface area contributed by atoms with Gasteiger partial charge in [-0.2, -0.15) is 0 Å². The van der Waals surface area contributed by atoms with Crippen LogP contribution in [0.3, 0.4) is 0 Å². The van der Waals surface area contributed by atoms with Gasteiger partial charge in [-0.1, -0.05) is 0 Å². The molecule has 1 aliphatic heterocycles. The SMILES string of the molecule is [CH2]C1COc2c(F)cc(F)cc2O1. The number of halogens is 2. The van der Waals surface area contributed by atoms with Gasteiger partial charge in [0.05, 0.1) is 0 Å². The van der Waals surface area contributed by atoms with Gasteiger partial charge < -0.3 is 9.47 Å². The van der Waals surface area contributed by atoms with Gasteiger partial charge in [-0.05, 0) is 6.92 Å². The summed E-state index contributed by atoms with van der Waals surface area (Å²) in [7, 11) is 0. The van der Waals surface area contributed by atoms with Crippen molar-refractivity contribution in [3.8, 4) is 11.5 Å². The topological polar surface area (TPSA) is 18.5 Å². The van der Waals surface area contributed by atoms with Gasteiger partial charge in [0.25, 0.3) is 0 Å². The van der Waals surface area contributed by atoms with Crippen LogP contribution in [0, 0.1) is 18.6 Å². The Bertz CT molecular complexity index is 339. The van der Waals surface area contributed by atoms with Crippen LogP contribution in [0.4, 0.5) is 8.78 Å². The normalized spacial score (nSPS) is 20.1. The molecule has 1 aromatic rings. The van der Waals surface area contributed by atoms with Crippen molar-refractivity contribution in [1.29, 1.82) is 0 Å². The van der Waals surface area contributed by atoms with Gasteiger partial charge in [-0.15, -0.1) is 0 Å². The molecular formula is C9H7F2O2. The van der Waals surface area contributed by atoms with Gasteiger partial charge in [0.15, 0.2) is 17.3 Å². The Morgan fingerprint density at radius 3 is 2.92 bits per heavy atom. The van der Waals surface area contributed by atoms with Crippen LogP contribution in [0.15, 0.2) is 12.1 Å². The van der Waals surface area contributed by atoms with Crippen molar-refractivity contribution < 1.29 is 18.3 Å². The molecule has 0 saturated heterocycles. The van der Waals surface area contributed by atoms with E-state index in [1.165, 1.54) is 0 Å². The zero-order chi connectivity index (χ0) is 9.42. The molecule has 1 atom stereocenters. The molecule has 0 amide bonds. The van der Waals surface area contributed by atoms with E-state index in [4.69, 9.17) is 9.47 Å². The molecule has 0 saturated carbocycles. The van der Waals surface area contributed by atoms with E-state index in [1.54, 1.807) is 0 Å². The average molecular weight is 185 g/mol. The first kappa shape index (κ1) is 8.29. The van der Waals surface area contributed by atoms with Crippen LogP contribution in [0.1, 0.15) is 0 Å². The molecule has 13 heavy (non-hydrogen) atoms. The first-order valence-electron chi connectivity index (χ1n) is 3.78. The maximum Gasteiger partial charge on any atom is 0.197 e. The molecule has 1 aromatic carbocycles. The van der Waals surface area contributed by atoms with Crippen molar-refractivity contribution in [2.45, 2.75) is 6.10 Å². The number of hydrogen-bond acceptors (Lipinski definition) is 2. The summed E-state index contributed by atoms with van der Waals surface area (Å²) < 4.78 is 35.8. The van der Waals surface area contributed by atoms with Crippen LogP contribution in [0.2, 0.25) is 0 Å². The molecular weight excluding hydrogens is 178 g/mol. The summed E-state index contributed by atoms with van der Waals surface area (Å²) in [6.07, 6.45) is -0.423. The van der Waals surface area contributed by atoms with E-state index in [9.17, 15) is 8.78 Å². The molecule has 1 aliphatic rings. The lowest BCUT2D eigenvalue weighted by Crippen LogP contribution is -2.26. The van der Waals surface area contributed by atoms with Crippen LogP contribution in [-0.4, -0.2) is 12.7 Å². The fraction of sp³-hybridized carbons (Fsp3) is 0.222. The number of rotatable bonds is 0. The minimum Gasteiger partial charge on any atom is -0.483 e. The molecule has 0 aliphatic carbocycles. The first-order valence-corrected chi connectivity index (χ1v) is 3.78. The molecule has 0 fully saturated rings. The van der Waals surface area contributed by atoms with Crippen molar-refractivity contribution in [3.63, 3.8) is 0 Å². The highest BCUT2D eigenvalue weighted by atomic mass is 19.1. The molecule has 2 nitrogen and oxygen atoms in total. The van der Waals surface area contributed by atoms with Crippen LogP contribution in [0.25, 0.3) is 0 Å². The molecule has 4 heteroatoms. The molecule has 0 aromatic heterocycles. The van der Waals surface area contributed by atoms with Crippen molar-refractivity contribution in [3.05, 3.63) is 30.7 Å². The van der Waals surface area contributed by atoms with Gasteiger partial charge in [0, 0.05) is 12.1 Å². The lowest BCUT2D eigenvalue weighted by Gasteiger charge is -2.23. The highest BCUT2D eigenvalue weighted by molar-refractivity contribution is 5.42. The molecule has 0 spiro atoms. The summed E-state index contributed by atoms with van der Waals surface area (Å²) in [6, 6.07) is 1.83. The van der Waals surface area contributed by atoms with Crippen LogP contribution >= 0.6 is 0 Å². The molecule has 69 valence electrons. The van der Waals surface area contributed by atoms with Crippen molar-refractivity contribution in [2.24, 2.45) is 0 Å². The summed E-state index contributed by atoms with van der Waals surface area (Å²) >= 11 is 0. The summed E-state index contributed by atoms with van der Waals surface area (Å²) in [5.74, 6) is -1.40. The fourth-order valence-electron chi connectivity index (χ4n) is 1.15. The third kappa shape index (κ3) is 1.43. The second kappa shape index (κ2) is 2.87. The number of benzene rings is 1. The minimum atomic E-state index is -0.748. The fourth-order valence-corrected chi connectivity index (χ4v) is 1.15. The van der Waals surface area contributed by atoms with Crippen LogP contribution < -0.4 is 9.47 Å². The van der Waals surface area contributed by atoms with E-state index >= 15 is 0 Å². The van der Waals surface area contributed by atoms with E-state index in [2.05, 4.69) is 6.92 Å². The monoisotopic (exact) mass is 185 g/mol. The van der Waals surface area contributed by atoms with E-state index in [1.807, 2.05) is 0 Å². The summed E-state index contributed by atoms with van der Waals surface area (Å²) in [6.45, 7) is 3.74. The van der Waals surface area contributed by atoms with Crippen LogP contribution in [-0.2, 0) is 0 Å². The van der Waals surface area contributed by atoms with Crippen molar-refractivity contribution >= 4 is 0 Å². The lowest BCUT2D eigenvalue weighted by atomic mass is 10.2. The van der Waals surface area contributed by atoms with E-state index in [-0.39, 0.29) is 18.1 Å². The quantitative estimate of drug-likeness (QED) is 0.615. The Balaban J connectivity index is 2.47. The summed E-state index contributed by atoms with van der Waals surface area (Å²) in [5, 5.41) is 0. The van der Waals surface area contributed by atoms with Gasteiger partial charge in [-0.3, -0.25) is 0 Å². The Morgan fingerprint density at radius 1 is 1.38 bits per heavy atom. The maximum absolute atomic E-state index is 13.0. The van der Waals surface area contributed by atoms with Gasteiger partial charge in [0.1, 0.15) is 18.5 Å². The third-order valence-corrected chi connectivity index (χ3v) is 1.68. The van der Waals surface area contributed by atoms with E-state index in [0.717, 1.165) is 12.1 Å². The second-order valence-electron chi connectivity index (χ2n) is 2.77. The van der Waals surface area contributed by atoms with Gasteiger partial charge in [0.2, 0.25) is 0 Å². The minimum absolute atomic E-state index is 0.0405. The number of ether oxygens (including phenoxy) is 2. The zero-order valence-corrected chi connectivity index (χ0v) is 6.72. The van der Waals surface area contributed by atoms with Gasteiger partial charge >= 0.3 is 0 Å². The Labute approximate surface area is 74.1 Å². The van der Waals surface area contributed by atoms with E-state index < -0.39 is 17.7 Å². The lowest BCUT2D eigenvalue weighted by molar-refractivity contribution is 0.115. The molecule has 0 N–H and O–H groups in total.